The maximum Gasteiger partial charge on any atom is 0.426 e. The fourth-order valence-corrected chi connectivity index (χ4v) is 3.02. The Hall–Kier alpha value is -3.12. The minimum absolute atomic E-state index is 0.0166. The molecule has 2 rings (SSSR count). The summed E-state index contributed by atoms with van der Waals surface area (Å²) in [5.41, 5.74) is 0.992. The average molecular weight is 461 g/mol. The molecule has 31 heavy (non-hydrogen) atoms. The molecule has 0 fully saturated rings. The molecule has 12 heteroatoms. The number of aryl methyl sites for hydroxylation is 1. The lowest BCUT2D eigenvalue weighted by molar-refractivity contribution is -0.197. The molecule has 0 heterocycles. The summed E-state index contributed by atoms with van der Waals surface area (Å²) >= 11 is 0. The normalized spacial score (nSPS) is 12.7. The molecule has 0 radical (unpaired) electrons. The Balaban J connectivity index is 2.03. The van der Waals surface area contributed by atoms with Crippen molar-refractivity contribution in [3.63, 3.8) is 0 Å². The number of ether oxygens (including phenoxy) is 2. The third-order valence-electron chi connectivity index (χ3n) is 3.89. The van der Waals surface area contributed by atoms with Gasteiger partial charge in [0.1, 0.15) is 12.4 Å². The SMILES string of the molecule is Cc1cc(C(=O)OC(CS(=O)(=O)O)C(F)(F)F)ccc1NC(=O)OCc1ccccc1. The Morgan fingerprint density at radius 2 is 1.77 bits per heavy atom. The average Bonchev–Trinajstić information content (AvgIpc) is 2.66. The Kier molecular flexibility index (Phi) is 7.63. The van der Waals surface area contributed by atoms with Crippen LogP contribution >= 0.6 is 0 Å². The van der Waals surface area contributed by atoms with Crippen LogP contribution < -0.4 is 5.32 Å². The number of esters is 1. The Morgan fingerprint density at radius 3 is 2.32 bits per heavy atom. The molecule has 0 aromatic heterocycles. The van der Waals surface area contributed by atoms with Gasteiger partial charge in [0.15, 0.2) is 0 Å². The Morgan fingerprint density at radius 1 is 1.13 bits per heavy atom. The first-order valence-corrected chi connectivity index (χ1v) is 10.3. The Bertz CT molecular complexity index is 1040. The number of rotatable bonds is 7. The second-order valence-electron chi connectivity index (χ2n) is 6.40. The first-order chi connectivity index (χ1) is 14.3. The van der Waals surface area contributed by atoms with E-state index in [-0.39, 0.29) is 17.9 Å². The van der Waals surface area contributed by atoms with Crippen molar-refractivity contribution in [1.82, 2.24) is 0 Å². The van der Waals surface area contributed by atoms with Gasteiger partial charge >= 0.3 is 18.2 Å². The van der Waals surface area contributed by atoms with E-state index in [1.54, 1.807) is 30.3 Å². The minimum Gasteiger partial charge on any atom is -0.448 e. The van der Waals surface area contributed by atoms with E-state index in [1.807, 2.05) is 0 Å². The van der Waals surface area contributed by atoms with Crippen molar-refractivity contribution >= 4 is 27.9 Å². The van der Waals surface area contributed by atoms with Gasteiger partial charge in [-0.1, -0.05) is 30.3 Å². The van der Waals surface area contributed by atoms with Gasteiger partial charge in [-0.05, 0) is 36.2 Å². The van der Waals surface area contributed by atoms with E-state index in [0.717, 1.165) is 17.7 Å². The highest BCUT2D eigenvalue weighted by Crippen LogP contribution is 2.26. The maximum atomic E-state index is 12.9. The van der Waals surface area contributed by atoms with Gasteiger partial charge < -0.3 is 9.47 Å². The minimum atomic E-state index is -5.20. The molecule has 0 saturated carbocycles. The number of anilines is 1. The van der Waals surface area contributed by atoms with Crippen LogP contribution in [0.3, 0.4) is 0 Å². The van der Waals surface area contributed by atoms with Crippen LogP contribution in [0.1, 0.15) is 21.5 Å². The van der Waals surface area contributed by atoms with Crippen LogP contribution in [0.25, 0.3) is 0 Å². The van der Waals surface area contributed by atoms with E-state index in [2.05, 4.69) is 10.1 Å². The largest absolute Gasteiger partial charge is 0.448 e. The lowest BCUT2D eigenvalue weighted by atomic mass is 10.1. The number of hydrogen-bond acceptors (Lipinski definition) is 6. The van der Waals surface area contributed by atoms with Gasteiger partial charge in [-0.3, -0.25) is 9.87 Å². The summed E-state index contributed by atoms with van der Waals surface area (Å²) in [5, 5.41) is 2.44. The van der Waals surface area contributed by atoms with E-state index in [1.165, 1.54) is 13.0 Å². The zero-order chi connectivity index (χ0) is 23.2. The summed E-state index contributed by atoms with van der Waals surface area (Å²) < 4.78 is 78.1. The number of halogens is 3. The van der Waals surface area contributed by atoms with E-state index in [9.17, 15) is 31.2 Å². The molecule has 0 saturated heterocycles. The molecular weight excluding hydrogens is 443 g/mol. The zero-order valence-electron chi connectivity index (χ0n) is 16.0. The number of nitrogens with one attached hydrogen (secondary N) is 1. The number of hydrogen-bond donors (Lipinski definition) is 2. The molecule has 2 aromatic carbocycles. The van der Waals surface area contributed by atoms with Crippen LogP contribution in [0.5, 0.6) is 0 Å². The third kappa shape index (κ3) is 7.90. The first kappa shape index (κ1) is 24.2. The highest BCUT2D eigenvalue weighted by Gasteiger charge is 2.45. The zero-order valence-corrected chi connectivity index (χ0v) is 16.9. The van der Waals surface area contributed by atoms with Gasteiger partial charge in [-0.25, -0.2) is 9.59 Å². The molecule has 8 nitrogen and oxygen atoms in total. The second kappa shape index (κ2) is 9.79. The van der Waals surface area contributed by atoms with E-state index in [4.69, 9.17) is 9.29 Å². The van der Waals surface area contributed by atoms with E-state index < -0.39 is 40.2 Å². The smallest absolute Gasteiger partial charge is 0.426 e. The van der Waals surface area contributed by atoms with Crippen molar-refractivity contribution in [1.29, 1.82) is 0 Å². The van der Waals surface area contributed by atoms with Crippen molar-refractivity contribution < 1.29 is 45.2 Å². The quantitative estimate of drug-likeness (QED) is 0.476. The molecule has 0 bridgehead atoms. The van der Waals surface area contributed by atoms with Crippen LogP contribution in [0.4, 0.5) is 23.7 Å². The summed E-state index contributed by atoms with van der Waals surface area (Å²) in [6.45, 7) is 1.49. The summed E-state index contributed by atoms with van der Waals surface area (Å²) in [6, 6.07) is 12.4. The van der Waals surface area contributed by atoms with Gasteiger partial charge in [0.05, 0.1) is 5.56 Å². The van der Waals surface area contributed by atoms with Crippen molar-refractivity contribution in [3.05, 3.63) is 65.2 Å². The monoisotopic (exact) mass is 461 g/mol. The standard InChI is InChI=1S/C19H18F3NO7S/c1-12-9-14(17(24)30-16(19(20,21)22)11-31(26,27)28)7-8-15(12)23-18(25)29-10-13-5-3-2-4-6-13/h2-9,16H,10-11H2,1H3,(H,23,25)(H,26,27,28). The summed E-state index contributed by atoms with van der Waals surface area (Å²) in [5.74, 6) is -3.28. The van der Waals surface area contributed by atoms with Gasteiger partial charge in [-0.15, -0.1) is 0 Å². The van der Waals surface area contributed by atoms with Crippen molar-refractivity contribution in [2.75, 3.05) is 11.1 Å². The molecule has 1 unspecified atom stereocenters. The predicted molar refractivity (Wildman–Crippen MR) is 103 cm³/mol. The fraction of sp³-hybridized carbons (Fsp3) is 0.263. The number of carbonyl (C=O) groups is 2. The number of amides is 1. The van der Waals surface area contributed by atoms with E-state index >= 15 is 0 Å². The molecule has 2 N–H and O–H groups in total. The highest BCUT2D eigenvalue weighted by molar-refractivity contribution is 7.85. The molecule has 0 aliphatic rings. The van der Waals surface area contributed by atoms with E-state index in [0.29, 0.717) is 5.56 Å². The van der Waals surface area contributed by atoms with Crippen LogP contribution in [0.15, 0.2) is 48.5 Å². The third-order valence-corrected chi connectivity index (χ3v) is 4.61. The molecule has 1 amide bonds. The van der Waals surface area contributed by atoms with Crippen molar-refractivity contribution in [3.8, 4) is 0 Å². The molecule has 0 aliphatic carbocycles. The van der Waals surface area contributed by atoms with Gasteiger partial charge in [0.2, 0.25) is 6.10 Å². The molecular formula is C19H18F3NO7S. The molecule has 168 valence electrons. The first-order valence-electron chi connectivity index (χ1n) is 8.66. The topological polar surface area (TPSA) is 119 Å². The fourth-order valence-electron chi connectivity index (χ4n) is 2.38. The van der Waals surface area contributed by atoms with Gasteiger partial charge in [-0.2, -0.15) is 21.6 Å². The summed E-state index contributed by atoms with van der Waals surface area (Å²) in [7, 11) is -5.05. The summed E-state index contributed by atoms with van der Waals surface area (Å²) in [6.07, 6.45) is -9.03. The number of alkyl halides is 3. The van der Waals surface area contributed by atoms with Crippen LogP contribution in [0, 0.1) is 6.92 Å². The molecule has 0 spiro atoms. The van der Waals surface area contributed by atoms with Crippen LogP contribution in [-0.2, 0) is 26.2 Å². The van der Waals surface area contributed by atoms with Gasteiger partial charge in [0, 0.05) is 5.69 Å². The second-order valence-corrected chi connectivity index (χ2v) is 7.90. The van der Waals surface area contributed by atoms with Crippen LogP contribution in [0.2, 0.25) is 0 Å². The van der Waals surface area contributed by atoms with Crippen molar-refractivity contribution in [2.45, 2.75) is 25.8 Å². The lowest BCUT2D eigenvalue weighted by Gasteiger charge is -2.19. The molecule has 2 aromatic rings. The summed E-state index contributed by atoms with van der Waals surface area (Å²) in [4.78, 5) is 23.9. The number of benzene rings is 2. The highest BCUT2D eigenvalue weighted by atomic mass is 32.2. The van der Waals surface area contributed by atoms with Crippen LogP contribution in [-0.4, -0.2) is 43.1 Å². The van der Waals surface area contributed by atoms with Crippen molar-refractivity contribution in [2.24, 2.45) is 0 Å². The predicted octanol–water partition coefficient (Wildman–Crippen LogP) is 3.72. The van der Waals surface area contributed by atoms with Gasteiger partial charge in [0.25, 0.3) is 10.1 Å². The molecule has 1 atom stereocenters. The molecule has 0 aliphatic heterocycles. The maximum absolute atomic E-state index is 12.9. The lowest BCUT2D eigenvalue weighted by Crippen LogP contribution is -2.39. The Labute approximate surface area is 175 Å². The number of carbonyl (C=O) groups excluding carboxylic acids is 2.